The number of hydrogen-bond acceptors (Lipinski definition) is 5. The second-order valence-electron chi connectivity index (χ2n) is 4.01. The van der Waals surface area contributed by atoms with Crippen LogP contribution in [0, 0.1) is 13.8 Å². The lowest BCUT2D eigenvalue weighted by Gasteiger charge is -1.99. The molecule has 0 radical (unpaired) electrons. The van der Waals surface area contributed by atoms with E-state index in [0.29, 0.717) is 0 Å². The van der Waals surface area contributed by atoms with Gasteiger partial charge in [0.05, 0.1) is 10.2 Å². The first-order chi connectivity index (χ1) is 8.20. The van der Waals surface area contributed by atoms with Gasteiger partial charge in [-0.3, -0.25) is 0 Å². The van der Waals surface area contributed by atoms with Gasteiger partial charge in [0.15, 0.2) is 0 Å². The highest BCUT2D eigenvalue weighted by molar-refractivity contribution is 7.26. The molecule has 17 heavy (non-hydrogen) atoms. The van der Waals surface area contributed by atoms with E-state index in [1.807, 2.05) is 14.0 Å². The molecule has 0 aromatic carbocycles. The van der Waals surface area contributed by atoms with Crippen LogP contribution in [0.15, 0.2) is 12.4 Å². The first-order valence-corrected chi connectivity index (χ1v) is 6.21. The Morgan fingerprint density at radius 3 is 2.82 bits per heavy atom. The Bertz CT molecular complexity index is 717. The molecule has 0 amide bonds. The van der Waals surface area contributed by atoms with Crippen LogP contribution in [0.3, 0.4) is 0 Å². The number of hydrogen-bond donors (Lipinski definition) is 1. The Morgan fingerprint density at radius 2 is 2.06 bits per heavy atom. The number of fused-ring (bicyclic) bond motifs is 3. The van der Waals surface area contributed by atoms with Crippen LogP contribution in [0.2, 0.25) is 0 Å². The van der Waals surface area contributed by atoms with Gasteiger partial charge in [-0.2, -0.15) is 0 Å². The summed E-state index contributed by atoms with van der Waals surface area (Å²) in [6, 6.07) is 2.09. The molecule has 3 heterocycles. The molecule has 0 saturated heterocycles. The van der Waals surface area contributed by atoms with Gasteiger partial charge in [0.2, 0.25) is 0 Å². The van der Waals surface area contributed by atoms with Crippen molar-refractivity contribution in [2.24, 2.45) is 0 Å². The molecular weight excluding hydrogens is 232 g/mol. The van der Waals surface area contributed by atoms with Crippen LogP contribution in [0.5, 0.6) is 0 Å². The first-order valence-electron chi connectivity index (χ1n) is 5.40. The second-order valence-corrected chi connectivity index (χ2v) is 5.01. The van der Waals surface area contributed by atoms with Crippen LogP contribution in [0.4, 0.5) is 5.82 Å². The molecule has 1 N–H and O–H groups in total. The van der Waals surface area contributed by atoms with Crippen LogP contribution >= 0.6 is 11.3 Å². The van der Waals surface area contributed by atoms with Crippen LogP contribution in [-0.2, 0) is 0 Å². The SMILES string of the molecule is CNc1ncnc2c1sc1nc(C)cc(C)c12. The second kappa shape index (κ2) is 3.63. The van der Waals surface area contributed by atoms with Gasteiger partial charge in [0, 0.05) is 18.1 Å². The van der Waals surface area contributed by atoms with Crippen molar-refractivity contribution >= 4 is 37.6 Å². The fourth-order valence-electron chi connectivity index (χ4n) is 2.09. The quantitative estimate of drug-likeness (QED) is 0.715. The molecule has 0 aliphatic heterocycles. The number of anilines is 1. The molecule has 0 aliphatic rings. The molecule has 0 aliphatic carbocycles. The molecule has 0 spiro atoms. The minimum atomic E-state index is 0.870. The highest BCUT2D eigenvalue weighted by Gasteiger charge is 2.13. The number of pyridine rings is 1. The Hall–Kier alpha value is -1.75. The van der Waals surface area contributed by atoms with Gasteiger partial charge in [-0.25, -0.2) is 15.0 Å². The predicted molar refractivity (Wildman–Crippen MR) is 71.7 cm³/mol. The highest BCUT2D eigenvalue weighted by Crippen LogP contribution is 2.36. The number of rotatable bonds is 1. The molecule has 0 fully saturated rings. The van der Waals surface area contributed by atoms with Crippen molar-refractivity contribution in [3.05, 3.63) is 23.7 Å². The minimum Gasteiger partial charge on any atom is -0.372 e. The van der Waals surface area contributed by atoms with E-state index in [4.69, 9.17) is 0 Å². The molecule has 5 heteroatoms. The van der Waals surface area contributed by atoms with Crippen molar-refractivity contribution in [3.8, 4) is 0 Å². The van der Waals surface area contributed by atoms with E-state index in [2.05, 4.69) is 33.3 Å². The summed E-state index contributed by atoms with van der Waals surface area (Å²) < 4.78 is 1.08. The van der Waals surface area contributed by atoms with E-state index in [9.17, 15) is 0 Å². The largest absolute Gasteiger partial charge is 0.372 e. The number of aryl methyl sites for hydroxylation is 2. The van der Waals surface area contributed by atoms with Crippen LogP contribution in [0.1, 0.15) is 11.3 Å². The Morgan fingerprint density at radius 1 is 1.24 bits per heavy atom. The summed E-state index contributed by atoms with van der Waals surface area (Å²) in [6.45, 7) is 4.12. The highest BCUT2D eigenvalue weighted by atomic mass is 32.1. The molecule has 4 nitrogen and oxygen atoms in total. The number of thiophene rings is 1. The summed E-state index contributed by atoms with van der Waals surface area (Å²) in [6.07, 6.45) is 1.60. The predicted octanol–water partition coefficient (Wildman–Crippen LogP) is 2.90. The molecule has 0 atom stereocenters. The topological polar surface area (TPSA) is 50.7 Å². The number of aromatic nitrogens is 3. The molecule has 0 bridgehead atoms. The van der Waals surface area contributed by atoms with Gasteiger partial charge in [-0.1, -0.05) is 0 Å². The van der Waals surface area contributed by atoms with E-state index in [0.717, 1.165) is 31.9 Å². The van der Waals surface area contributed by atoms with Gasteiger partial charge in [-0.15, -0.1) is 11.3 Å². The average molecular weight is 244 g/mol. The lowest BCUT2D eigenvalue weighted by molar-refractivity contribution is 1.21. The maximum atomic E-state index is 4.57. The molecule has 3 rings (SSSR count). The lowest BCUT2D eigenvalue weighted by Crippen LogP contribution is -1.92. The zero-order chi connectivity index (χ0) is 12.0. The third-order valence-electron chi connectivity index (χ3n) is 2.79. The van der Waals surface area contributed by atoms with Crippen molar-refractivity contribution in [2.75, 3.05) is 12.4 Å². The fraction of sp³-hybridized carbons (Fsp3) is 0.250. The van der Waals surface area contributed by atoms with Crippen LogP contribution in [0.25, 0.3) is 20.4 Å². The number of nitrogens with zero attached hydrogens (tertiary/aromatic N) is 3. The first kappa shape index (κ1) is 10.4. The zero-order valence-electron chi connectivity index (χ0n) is 9.90. The third-order valence-corrected chi connectivity index (χ3v) is 3.87. The minimum absolute atomic E-state index is 0.870. The lowest BCUT2D eigenvalue weighted by atomic mass is 10.1. The van der Waals surface area contributed by atoms with Gasteiger partial charge >= 0.3 is 0 Å². The fourth-order valence-corrected chi connectivity index (χ4v) is 3.33. The van der Waals surface area contributed by atoms with Crippen molar-refractivity contribution in [2.45, 2.75) is 13.8 Å². The van der Waals surface area contributed by atoms with E-state index < -0.39 is 0 Å². The maximum absolute atomic E-state index is 4.57. The van der Waals surface area contributed by atoms with Crippen LogP contribution in [-0.4, -0.2) is 22.0 Å². The molecule has 3 aromatic rings. The summed E-state index contributed by atoms with van der Waals surface area (Å²) in [5, 5.41) is 4.24. The smallest absolute Gasteiger partial charge is 0.147 e. The van der Waals surface area contributed by atoms with E-state index in [-0.39, 0.29) is 0 Å². The van der Waals surface area contributed by atoms with Gasteiger partial charge in [0.25, 0.3) is 0 Å². The van der Waals surface area contributed by atoms with Gasteiger partial charge in [0.1, 0.15) is 17.0 Å². The molecular formula is C12H12N4S. The van der Waals surface area contributed by atoms with Crippen molar-refractivity contribution in [3.63, 3.8) is 0 Å². The third kappa shape index (κ3) is 1.46. The van der Waals surface area contributed by atoms with E-state index >= 15 is 0 Å². The Labute approximate surface area is 103 Å². The standard InChI is InChI=1S/C12H12N4S/c1-6-4-7(2)16-12-8(6)9-10(17-12)11(13-3)15-5-14-9/h4-5H,1-3H3,(H,13,14,15). The van der Waals surface area contributed by atoms with Crippen molar-refractivity contribution in [1.29, 1.82) is 0 Å². The Kier molecular flexibility index (Phi) is 2.22. The summed E-state index contributed by atoms with van der Waals surface area (Å²) in [4.78, 5) is 14.2. The van der Waals surface area contributed by atoms with E-state index in [1.54, 1.807) is 17.7 Å². The molecule has 3 aromatic heterocycles. The monoisotopic (exact) mass is 244 g/mol. The molecule has 86 valence electrons. The Balaban J connectivity index is 2.54. The average Bonchev–Trinajstić information content (AvgIpc) is 2.66. The number of nitrogens with one attached hydrogen (secondary N) is 1. The summed E-state index contributed by atoms with van der Waals surface area (Å²) in [5.74, 6) is 0.870. The van der Waals surface area contributed by atoms with E-state index in [1.165, 1.54) is 5.56 Å². The van der Waals surface area contributed by atoms with Gasteiger partial charge < -0.3 is 5.32 Å². The molecule has 0 unspecified atom stereocenters. The normalized spacial score (nSPS) is 11.2. The molecule has 0 saturated carbocycles. The van der Waals surface area contributed by atoms with Crippen molar-refractivity contribution < 1.29 is 0 Å². The van der Waals surface area contributed by atoms with Crippen molar-refractivity contribution in [1.82, 2.24) is 15.0 Å². The zero-order valence-corrected chi connectivity index (χ0v) is 10.7. The summed E-state index contributed by atoms with van der Waals surface area (Å²) in [7, 11) is 1.87. The maximum Gasteiger partial charge on any atom is 0.147 e. The van der Waals surface area contributed by atoms with Crippen LogP contribution < -0.4 is 5.32 Å². The summed E-state index contributed by atoms with van der Waals surface area (Å²) in [5.41, 5.74) is 3.26. The van der Waals surface area contributed by atoms with Gasteiger partial charge in [-0.05, 0) is 25.5 Å². The summed E-state index contributed by atoms with van der Waals surface area (Å²) >= 11 is 1.64.